The Morgan fingerprint density at radius 1 is 1.00 bits per heavy atom. The predicted molar refractivity (Wildman–Crippen MR) is 121 cm³/mol. The van der Waals surface area contributed by atoms with Gasteiger partial charge in [-0.2, -0.15) is 0 Å². The van der Waals surface area contributed by atoms with Gasteiger partial charge in [0, 0.05) is 38.4 Å². The third kappa shape index (κ3) is 4.32. The number of aryl methyl sites for hydroxylation is 2. The van der Waals surface area contributed by atoms with Gasteiger partial charge in [-0.3, -0.25) is 4.90 Å². The fourth-order valence-corrected chi connectivity index (χ4v) is 4.16. The largest absolute Gasteiger partial charge is 0.346 e. The maximum Gasteiger partial charge on any atom is 0.174 e. The summed E-state index contributed by atoms with van der Waals surface area (Å²) in [6.45, 7) is 8.94. The maximum absolute atomic E-state index is 5.63. The molecule has 0 bridgehead atoms. The van der Waals surface area contributed by atoms with E-state index in [-0.39, 0.29) is 0 Å². The normalized spacial score (nSPS) is 15.0. The molecule has 1 aliphatic rings. The molecule has 4 rings (SSSR count). The van der Waals surface area contributed by atoms with Crippen molar-refractivity contribution in [1.29, 1.82) is 0 Å². The standard InChI is InChI=1S/C23H26N4S/c1-17-14-18(2)24-22(15-17)25-23(28)27-12-10-26(11-13-27)16-20-8-5-7-19-6-3-4-9-21(19)20/h3-9,14-15H,10-13,16H2,1-2H3,(H,24,25,28). The van der Waals surface area contributed by atoms with Crippen molar-refractivity contribution in [1.82, 2.24) is 14.8 Å². The summed E-state index contributed by atoms with van der Waals surface area (Å²) in [6.07, 6.45) is 0. The second kappa shape index (κ2) is 8.25. The van der Waals surface area contributed by atoms with Crippen LogP contribution in [-0.2, 0) is 6.54 Å². The number of pyridine rings is 1. The molecule has 1 aliphatic heterocycles. The summed E-state index contributed by atoms with van der Waals surface area (Å²) in [5.74, 6) is 0.834. The number of aromatic nitrogens is 1. The molecule has 0 atom stereocenters. The Labute approximate surface area is 172 Å². The SMILES string of the molecule is Cc1cc(C)nc(NC(=S)N2CCN(Cc3cccc4ccccc34)CC2)c1. The molecule has 0 aliphatic carbocycles. The van der Waals surface area contributed by atoms with Gasteiger partial charge in [0.05, 0.1) is 0 Å². The Morgan fingerprint density at radius 2 is 1.75 bits per heavy atom. The zero-order valence-corrected chi connectivity index (χ0v) is 17.3. The van der Waals surface area contributed by atoms with Crippen LogP contribution in [0.2, 0.25) is 0 Å². The van der Waals surface area contributed by atoms with E-state index >= 15 is 0 Å². The predicted octanol–water partition coefficient (Wildman–Crippen LogP) is 4.37. The van der Waals surface area contributed by atoms with E-state index in [4.69, 9.17) is 12.2 Å². The smallest absolute Gasteiger partial charge is 0.174 e. The molecule has 0 amide bonds. The van der Waals surface area contributed by atoms with Crippen LogP contribution in [0.25, 0.3) is 10.8 Å². The van der Waals surface area contributed by atoms with Gasteiger partial charge in [0.1, 0.15) is 5.82 Å². The van der Waals surface area contributed by atoms with E-state index in [0.29, 0.717) is 0 Å². The van der Waals surface area contributed by atoms with Crippen LogP contribution in [0.3, 0.4) is 0 Å². The molecule has 0 saturated carbocycles. The molecule has 1 aromatic heterocycles. The topological polar surface area (TPSA) is 31.4 Å². The third-order valence-corrected chi connectivity index (χ3v) is 5.63. The lowest BCUT2D eigenvalue weighted by Gasteiger charge is -2.36. The summed E-state index contributed by atoms with van der Waals surface area (Å²) in [7, 11) is 0. The average molecular weight is 391 g/mol. The van der Waals surface area contributed by atoms with Crippen LogP contribution in [-0.4, -0.2) is 46.1 Å². The zero-order valence-electron chi connectivity index (χ0n) is 16.5. The van der Waals surface area contributed by atoms with Gasteiger partial charge in [0.15, 0.2) is 5.11 Å². The molecule has 0 spiro atoms. The molecule has 144 valence electrons. The summed E-state index contributed by atoms with van der Waals surface area (Å²) in [5.41, 5.74) is 3.59. The first kappa shape index (κ1) is 18.8. The van der Waals surface area contributed by atoms with Crippen molar-refractivity contribution in [3.63, 3.8) is 0 Å². The van der Waals surface area contributed by atoms with E-state index in [0.717, 1.165) is 49.3 Å². The van der Waals surface area contributed by atoms with Crippen molar-refractivity contribution in [3.05, 3.63) is 71.4 Å². The van der Waals surface area contributed by atoms with Gasteiger partial charge in [-0.15, -0.1) is 0 Å². The molecular formula is C23H26N4S. The van der Waals surface area contributed by atoms with Gasteiger partial charge >= 0.3 is 0 Å². The van der Waals surface area contributed by atoms with Crippen LogP contribution >= 0.6 is 12.2 Å². The molecule has 0 unspecified atom stereocenters. The van der Waals surface area contributed by atoms with Gasteiger partial charge in [-0.25, -0.2) is 4.98 Å². The molecule has 1 fully saturated rings. The quantitative estimate of drug-likeness (QED) is 0.672. The third-order valence-electron chi connectivity index (χ3n) is 5.27. The van der Waals surface area contributed by atoms with Crippen molar-refractivity contribution >= 4 is 33.9 Å². The molecule has 1 saturated heterocycles. The minimum atomic E-state index is 0.766. The van der Waals surface area contributed by atoms with Crippen LogP contribution in [0.1, 0.15) is 16.8 Å². The number of benzene rings is 2. The number of hydrogen-bond acceptors (Lipinski definition) is 3. The summed E-state index contributed by atoms with van der Waals surface area (Å²) < 4.78 is 0. The molecule has 1 N–H and O–H groups in total. The molecule has 4 nitrogen and oxygen atoms in total. The number of thiocarbonyl (C=S) groups is 1. The average Bonchev–Trinajstić information content (AvgIpc) is 2.68. The van der Waals surface area contributed by atoms with Crippen molar-refractivity contribution in [2.24, 2.45) is 0 Å². The highest BCUT2D eigenvalue weighted by molar-refractivity contribution is 7.80. The maximum atomic E-state index is 5.63. The van der Waals surface area contributed by atoms with Crippen LogP contribution in [0.4, 0.5) is 5.82 Å². The van der Waals surface area contributed by atoms with E-state index in [9.17, 15) is 0 Å². The number of rotatable bonds is 3. The summed E-state index contributed by atoms with van der Waals surface area (Å²) in [5, 5.41) is 6.74. The lowest BCUT2D eigenvalue weighted by atomic mass is 10.0. The number of nitrogens with zero attached hydrogens (tertiary/aromatic N) is 3. The van der Waals surface area contributed by atoms with Gasteiger partial charge in [-0.1, -0.05) is 42.5 Å². The van der Waals surface area contributed by atoms with Crippen LogP contribution in [0.15, 0.2) is 54.6 Å². The Morgan fingerprint density at radius 3 is 2.54 bits per heavy atom. The van der Waals surface area contributed by atoms with Gasteiger partial charge < -0.3 is 10.2 Å². The Balaban J connectivity index is 1.36. The van der Waals surface area contributed by atoms with Gasteiger partial charge in [0.2, 0.25) is 0 Å². The highest BCUT2D eigenvalue weighted by atomic mass is 32.1. The fraction of sp³-hybridized carbons (Fsp3) is 0.304. The van der Waals surface area contributed by atoms with E-state index in [1.807, 2.05) is 13.0 Å². The Hall–Kier alpha value is -2.50. The molecule has 28 heavy (non-hydrogen) atoms. The highest BCUT2D eigenvalue weighted by Gasteiger charge is 2.20. The van der Waals surface area contributed by atoms with E-state index in [2.05, 4.69) is 75.6 Å². The van der Waals surface area contributed by atoms with Crippen LogP contribution < -0.4 is 5.32 Å². The zero-order chi connectivity index (χ0) is 19.5. The highest BCUT2D eigenvalue weighted by Crippen LogP contribution is 2.20. The summed E-state index contributed by atoms with van der Waals surface area (Å²) in [4.78, 5) is 9.29. The molecule has 5 heteroatoms. The second-order valence-electron chi connectivity index (χ2n) is 7.50. The molecular weight excluding hydrogens is 364 g/mol. The van der Waals surface area contributed by atoms with E-state index < -0.39 is 0 Å². The minimum absolute atomic E-state index is 0.766. The summed E-state index contributed by atoms with van der Waals surface area (Å²) in [6, 6.07) is 19.3. The number of nitrogens with one attached hydrogen (secondary N) is 1. The molecule has 2 heterocycles. The van der Waals surface area contributed by atoms with Gasteiger partial charge in [0.25, 0.3) is 0 Å². The van der Waals surface area contributed by atoms with Crippen molar-refractivity contribution in [2.75, 3.05) is 31.5 Å². The molecule has 2 aromatic carbocycles. The first-order chi connectivity index (χ1) is 13.6. The van der Waals surface area contributed by atoms with Crippen molar-refractivity contribution in [3.8, 4) is 0 Å². The molecule has 3 aromatic rings. The first-order valence-electron chi connectivity index (χ1n) is 9.79. The number of anilines is 1. The van der Waals surface area contributed by atoms with Gasteiger partial charge in [-0.05, 0) is 60.1 Å². The Kier molecular flexibility index (Phi) is 5.55. The number of fused-ring (bicyclic) bond motifs is 1. The lowest BCUT2D eigenvalue weighted by Crippen LogP contribution is -2.49. The second-order valence-corrected chi connectivity index (χ2v) is 7.89. The van der Waals surface area contributed by atoms with E-state index in [1.165, 1.54) is 21.9 Å². The fourth-order valence-electron chi connectivity index (χ4n) is 3.87. The van der Waals surface area contributed by atoms with Crippen LogP contribution in [0, 0.1) is 13.8 Å². The van der Waals surface area contributed by atoms with Crippen LogP contribution in [0.5, 0.6) is 0 Å². The van der Waals surface area contributed by atoms with Crippen molar-refractivity contribution in [2.45, 2.75) is 20.4 Å². The summed E-state index contributed by atoms with van der Waals surface area (Å²) >= 11 is 5.63. The minimum Gasteiger partial charge on any atom is -0.346 e. The Bertz CT molecular complexity index is 967. The number of hydrogen-bond donors (Lipinski definition) is 1. The monoisotopic (exact) mass is 390 g/mol. The van der Waals surface area contributed by atoms with E-state index in [1.54, 1.807) is 0 Å². The molecule has 0 radical (unpaired) electrons. The number of piperazine rings is 1. The van der Waals surface area contributed by atoms with Crippen molar-refractivity contribution < 1.29 is 0 Å². The lowest BCUT2D eigenvalue weighted by molar-refractivity contribution is 0.177. The first-order valence-corrected chi connectivity index (χ1v) is 10.2.